The van der Waals surface area contributed by atoms with Crippen molar-refractivity contribution in [2.24, 2.45) is 5.92 Å². The predicted octanol–water partition coefficient (Wildman–Crippen LogP) is 4.98. The fourth-order valence-electron chi connectivity index (χ4n) is 3.72. The number of allylic oxidation sites excluding steroid dienone is 2. The SMILES string of the molecule is COc1cc(CNC(=O)C2CC=CCC2c2nc3ccccc3s2)ccc1C. The van der Waals surface area contributed by atoms with E-state index in [0.29, 0.717) is 6.54 Å². The van der Waals surface area contributed by atoms with E-state index in [2.05, 4.69) is 23.5 Å². The van der Waals surface area contributed by atoms with Gasteiger partial charge in [0, 0.05) is 12.5 Å². The van der Waals surface area contributed by atoms with Crippen molar-refractivity contribution in [3.8, 4) is 5.75 Å². The molecule has 144 valence electrons. The Morgan fingerprint density at radius 2 is 2.04 bits per heavy atom. The van der Waals surface area contributed by atoms with Crippen molar-refractivity contribution in [2.75, 3.05) is 7.11 Å². The summed E-state index contributed by atoms with van der Waals surface area (Å²) < 4.78 is 6.56. The van der Waals surface area contributed by atoms with Crippen LogP contribution in [0.3, 0.4) is 0 Å². The Morgan fingerprint density at radius 3 is 2.86 bits per heavy atom. The Kier molecular flexibility index (Phi) is 5.44. The third-order valence-electron chi connectivity index (χ3n) is 5.34. The molecule has 2 unspecified atom stereocenters. The summed E-state index contributed by atoms with van der Waals surface area (Å²) in [7, 11) is 1.67. The third kappa shape index (κ3) is 3.80. The van der Waals surface area contributed by atoms with Gasteiger partial charge >= 0.3 is 0 Å². The van der Waals surface area contributed by atoms with Gasteiger partial charge in [0.25, 0.3) is 0 Å². The number of nitrogens with one attached hydrogen (secondary N) is 1. The van der Waals surface area contributed by atoms with Crippen LogP contribution in [0.2, 0.25) is 0 Å². The molecule has 2 atom stereocenters. The highest BCUT2D eigenvalue weighted by atomic mass is 32.1. The molecule has 0 fully saturated rings. The second kappa shape index (κ2) is 8.15. The van der Waals surface area contributed by atoms with Gasteiger partial charge < -0.3 is 10.1 Å². The van der Waals surface area contributed by atoms with Gasteiger partial charge in [0.2, 0.25) is 5.91 Å². The van der Waals surface area contributed by atoms with Gasteiger partial charge in [0.05, 0.1) is 28.3 Å². The van der Waals surface area contributed by atoms with Crippen molar-refractivity contribution in [3.63, 3.8) is 0 Å². The van der Waals surface area contributed by atoms with Crippen molar-refractivity contribution >= 4 is 27.5 Å². The quantitative estimate of drug-likeness (QED) is 0.623. The van der Waals surface area contributed by atoms with Gasteiger partial charge in [0.15, 0.2) is 0 Å². The molecule has 1 aliphatic rings. The largest absolute Gasteiger partial charge is 0.496 e. The first kappa shape index (κ1) is 18.7. The number of benzene rings is 2. The lowest BCUT2D eigenvalue weighted by Crippen LogP contribution is -2.34. The number of carbonyl (C=O) groups is 1. The number of hydrogen-bond donors (Lipinski definition) is 1. The summed E-state index contributed by atoms with van der Waals surface area (Å²) in [6.07, 6.45) is 5.90. The average molecular weight is 393 g/mol. The summed E-state index contributed by atoms with van der Waals surface area (Å²) in [5.41, 5.74) is 3.15. The maximum absolute atomic E-state index is 13.0. The summed E-state index contributed by atoms with van der Waals surface area (Å²) in [6, 6.07) is 14.2. The molecular weight excluding hydrogens is 368 g/mol. The lowest BCUT2D eigenvalue weighted by Gasteiger charge is -2.26. The number of thiazole rings is 1. The van der Waals surface area contributed by atoms with Crippen LogP contribution in [0.15, 0.2) is 54.6 Å². The second-order valence-electron chi connectivity index (χ2n) is 7.20. The molecule has 1 amide bonds. The molecule has 0 radical (unpaired) electrons. The van der Waals surface area contributed by atoms with E-state index in [1.165, 1.54) is 4.70 Å². The lowest BCUT2D eigenvalue weighted by molar-refractivity contribution is -0.125. The first-order valence-electron chi connectivity index (χ1n) is 9.57. The molecule has 0 aliphatic heterocycles. The van der Waals surface area contributed by atoms with Crippen molar-refractivity contribution in [1.82, 2.24) is 10.3 Å². The topological polar surface area (TPSA) is 51.2 Å². The number of fused-ring (bicyclic) bond motifs is 1. The zero-order valence-electron chi connectivity index (χ0n) is 16.1. The lowest BCUT2D eigenvalue weighted by atomic mass is 9.82. The molecule has 0 bridgehead atoms. The molecule has 4 nitrogen and oxygen atoms in total. The first-order valence-corrected chi connectivity index (χ1v) is 10.4. The predicted molar refractivity (Wildman–Crippen MR) is 114 cm³/mol. The summed E-state index contributed by atoms with van der Waals surface area (Å²) in [6.45, 7) is 2.51. The Balaban J connectivity index is 1.49. The number of methoxy groups -OCH3 is 1. The van der Waals surface area contributed by atoms with Crippen LogP contribution >= 0.6 is 11.3 Å². The number of ether oxygens (including phenoxy) is 1. The molecule has 1 N–H and O–H groups in total. The zero-order chi connectivity index (χ0) is 19.5. The molecular formula is C23H24N2O2S. The van der Waals surface area contributed by atoms with E-state index in [1.807, 2.05) is 43.3 Å². The highest BCUT2D eigenvalue weighted by Gasteiger charge is 2.32. The number of aromatic nitrogens is 1. The number of nitrogens with zero attached hydrogens (tertiary/aromatic N) is 1. The van der Waals surface area contributed by atoms with E-state index in [-0.39, 0.29) is 17.7 Å². The zero-order valence-corrected chi connectivity index (χ0v) is 17.0. The summed E-state index contributed by atoms with van der Waals surface area (Å²) in [5.74, 6) is 0.987. The van der Waals surface area contributed by atoms with E-state index in [0.717, 1.165) is 40.2 Å². The minimum atomic E-state index is -0.0853. The number of rotatable bonds is 5. The molecule has 0 saturated heterocycles. The molecule has 0 spiro atoms. The molecule has 3 aromatic rings. The van der Waals surface area contributed by atoms with Crippen LogP contribution in [0.1, 0.15) is 34.9 Å². The van der Waals surface area contributed by atoms with Crippen LogP contribution in [-0.4, -0.2) is 18.0 Å². The first-order chi connectivity index (χ1) is 13.7. The molecule has 5 heteroatoms. The van der Waals surface area contributed by atoms with Crippen LogP contribution in [-0.2, 0) is 11.3 Å². The fraction of sp³-hybridized carbons (Fsp3) is 0.304. The van der Waals surface area contributed by atoms with Crippen molar-refractivity contribution in [2.45, 2.75) is 32.2 Å². The fourth-order valence-corrected chi connectivity index (χ4v) is 4.87. The number of hydrogen-bond acceptors (Lipinski definition) is 4. The van der Waals surface area contributed by atoms with E-state index in [9.17, 15) is 4.79 Å². The Hall–Kier alpha value is -2.66. The second-order valence-corrected chi connectivity index (χ2v) is 8.26. The summed E-state index contributed by atoms with van der Waals surface area (Å²) >= 11 is 1.70. The normalized spacial score (nSPS) is 18.9. The van der Waals surface area contributed by atoms with Crippen LogP contribution in [0.5, 0.6) is 5.75 Å². The molecule has 1 aromatic heterocycles. The van der Waals surface area contributed by atoms with Gasteiger partial charge in [-0.3, -0.25) is 4.79 Å². The average Bonchev–Trinajstić information content (AvgIpc) is 3.17. The van der Waals surface area contributed by atoms with Gasteiger partial charge in [-0.25, -0.2) is 4.98 Å². The number of amides is 1. The van der Waals surface area contributed by atoms with E-state index in [4.69, 9.17) is 9.72 Å². The molecule has 2 aromatic carbocycles. The van der Waals surface area contributed by atoms with Gasteiger partial charge in [-0.15, -0.1) is 11.3 Å². The van der Waals surface area contributed by atoms with E-state index in [1.54, 1.807) is 18.4 Å². The summed E-state index contributed by atoms with van der Waals surface area (Å²) in [5, 5.41) is 4.18. The van der Waals surface area contributed by atoms with E-state index < -0.39 is 0 Å². The molecule has 1 heterocycles. The molecule has 28 heavy (non-hydrogen) atoms. The van der Waals surface area contributed by atoms with Crippen LogP contribution in [0.4, 0.5) is 0 Å². The van der Waals surface area contributed by atoms with E-state index >= 15 is 0 Å². The van der Waals surface area contributed by atoms with Crippen molar-refractivity contribution in [3.05, 3.63) is 70.8 Å². The van der Waals surface area contributed by atoms with Gasteiger partial charge in [0.1, 0.15) is 5.75 Å². The van der Waals surface area contributed by atoms with Gasteiger partial charge in [-0.05, 0) is 49.1 Å². The van der Waals surface area contributed by atoms with Crippen molar-refractivity contribution < 1.29 is 9.53 Å². The highest BCUT2D eigenvalue weighted by molar-refractivity contribution is 7.18. The molecule has 0 saturated carbocycles. The maximum atomic E-state index is 13.0. The van der Waals surface area contributed by atoms with Crippen LogP contribution in [0.25, 0.3) is 10.2 Å². The monoisotopic (exact) mass is 392 g/mol. The molecule has 1 aliphatic carbocycles. The summed E-state index contributed by atoms with van der Waals surface area (Å²) in [4.78, 5) is 17.8. The smallest absolute Gasteiger partial charge is 0.224 e. The van der Waals surface area contributed by atoms with Crippen LogP contribution < -0.4 is 10.1 Å². The minimum absolute atomic E-state index is 0.0853. The number of aryl methyl sites for hydroxylation is 1. The minimum Gasteiger partial charge on any atom is -0.496 e. The number of para-hydroxylation sites is 1. The Labute approximate surface area is 169 Å². The van der Waals surface area contributed by atoms with Crippen molar-refractivity contribution in [1.29, 1.82) is 0 Å². The van der Waals surface area contributed by atoms with Gasteiger partial charge in [-0.2, -0.15) is 0 Å². The van der Waals surface area contributed by atoms with Gasteiger partial charge in [-0.1, -0.05) is 36.4 Å². The maximum Gasteiger partial charge on any atom is 0.224 e. The molecule has 4 rings (SSSR count). The number of carbonyl (C=O) groups excluding carboxylic acids is 1. The Bertz CT molecular complexity index is 991. The highest BCUT2D eigenvalue weighted by Crippen LogP contribution is 2.38. The third-order valence-corrected chi connectivity index (χ3v) is 6.50. The van der Waals surface area contributed by atoms with Crippen LogP contribution in [0, 0.1) is 12.8 Å². The Morgan fingerprint density at radius 1 is 1.21 bits per heavy atom. The standard InChI is InChI=1S/C23H24N2O2S/c1-15-11-12-16(13-20(15)27-2)14-24-22(26)17-7-3-4-8-18(17)23-25-19-9-5-6-10-21(19)28-23/h3-6,9-13,17-18H,7-8,14H2,1-2H3,(H,24,26).